The van der Waals surface area contributed by atoms with Crippen molar-refractivity contribution in [3.8, 4) is 11.3 Å². The minimum absolute atomic E-state index is 0.0707. The number of hydrogen-bond acceptors (Lipinski definition) is 7. The van der Waals surface area contributed by atoms with Gasteiger partial charge >= 0.3 is 0 Å². The van der Waals surface area contributed by atoms with Crippen LogP contribution in [0.5, 0.6) is 0 Å². The summed E-state index contributed by atoms with van der Waals surface area (Å²) in [5.41, 5.74) is 5.07. The van der Waals surface area contributed by atoms with E-state index >= 15 is 0 Å². The number of thiazole rings is 1. The number of rotatable bonds is 7. The van der Waals surface area contributed by atoms with Gasteiger partial charge < -0.3 is 15.0 Å². The fraction of sp³-hybridized carbons (Fsp3) is 0.357. The fourth-order valence-corrected chi connectivity index (χ4v) is 6.37. The van der Waals surface area contributed by atoms with Gasteiger partial charge in [-0.15, -0.1) is 11.3 Å². The van der Waals surface area contributed by atoms with Crippen molar-refractivity contribution < 1.29 is 18.7 Å². The van der Waals surface area contributed by atoms with Gasteiger partial charge in [0, 0.05) is 48.1 Å². The lowest BCUT2D eigenvalue weighted by molar-refractivity contribution is -0.134. The zero-order valence-electron chi connectivity index (χ0n) is 21.6. The first kappa shape index (κ1) is 25.6. The maximum absolute atomic E-state index is 13.7. The summed E-state index contributed by atoms with van der Waals surface area (Å²) in [6, 6.07) is 11.7. The van der Waals surface area contributed by atoms with E-state index in [0.717, 1.165) is 33.5 Å². The Morgan fingerprint density at radius 3 is 2.87 bits per heavy atom. The Hall–Kier alpha value is -3.67. The quantitative estimate of drug-likeness (QED) is 0.365. The predicted octanol–water partition coefficient (Wildman–Crippen LogP) is 3.69. The molecule has 1 unspecified atom stereocenters. The van der Waals surface area contributed by atoms with Gasteiger partial charge in [-0.05, 0) is 55.4 Å². The maximum atomic E-state index is 13.7. The van der Waals surface area contributed by atoms with Gasteiger partial charge in [0.2, 0.25) is 11.8 Å². The smallest absolute Gasteiger partial charge is 0.237 e. The number of nitrogens with one attached hydrogen (secondary N) is 2. The number of aromatic nitrogens is 3. The van der Waals surface area contributed by atoms with E-state index in [-0.39, 0.29) is 30.8 Å². The van der Waals surface area contributed by atoms with E-state index in [1.165, 1.54) is 12.1 Å². The van der Waals surface area contributed by atoms with Gasteiger partial charge in [-0.25, -0.2) is 9.37 Å². The van der Waals surface area contributed by atoms with Gasteiger partial charge in [-0.2, -0.15) is 5.10 Å². The minimum Gasteiger partial charge on any atom is -0.384 e. The molecule has 2 aromatic heterocycles. The van der Waals surface area contributed by atoms with Crippen LogP contribution in [0.3, 0.4) is 0 Å². The van der Waals surface area contributed by atoms with Crippen molar-refractivity contribution in [2.75, 3.05) is 45.2 Å². The van der Waals surface area contributed by atoms with E-state index in [1.54, 1.807) is 30.6 Å². The molecule has 0 saturated carbocycles. The van der Waals surface area contributed by atoms with Crippen LogP contribution in [0.15, 0.2) is 48.0 Å². The molecule has 9 nitrogen and oxygen atoms in total. The summed E-state index contributed by atoms with van der Waals surface area (Å²) in [6.45, 7) is 2.88. The van der Waals surface area contributed by atoms with Gasteiger partial charge in [-0.1, -0.05) is 0 Å². The molecule has 4 heterocycles. The van der Waals surface area contributed by atoms with Crippen LogP contribution < -0.4 is 5.32 Å². The first-order chi connectivity index (χ1) is 18.9. The monoisotopic (exact) mass is 548 g/mol. The van der Waals surface area contributed by atoms with Crippen LogP contribution >= 0.6 is 11.3 Å². The SMILES string of the molecule is COCC1(C(=O)Nc2ccc3[nH]nc(-c4ccc(F)cc4)c3c2)CCN(CC(=O)N2CCc3ncsc3C2)C1. The number of fused-ring (bicyclic) bond motifs is 2. The Labute approximate surface area is 229 Å². The second kappa shape index (κ2) is 10.5. The summed E-state index contributed by atoms with van der Waals surface area (Å²) in [5, 5.41) is 11.3. The van der Waals surface area contributed by atoms with Crippen molar-refractivity contribution in [1.29, 1.82) is 0 Å². The van der Waals surface area contributed by atoms with Crippen molar-refractivity contribution in [3.05, 3.63) is 64.4 Å². The van der Waals surface area contributed by atoms with Crippen molar-refractivity contribution in [2.24, 2.45) is 5.41 Å². The summed E-state index contributed by atoms with van der Waals surface area (Å²) in [4.78, 5) is 36.2. The fourth-order valence-electron chi connectivity index (χ4n) is 5.55. The van der Waals surface area contributed by atoms with Crippen LogP contribution in [-0.2, 0) is 27.3 Å². The highest BCUT2D eigenvalue weighted by Gasteiger charge is 2.45. The third-order valence-corrected chi connectivity index (χ3v) is 8.52. The number of aromatic amines is 1. The number of nitrogens with zero attached hydrogens (tertiary/aromatic N) is 4. The number of amides is 2. The Kier molecular flexibility index (Phi) is 6.88. The van der Waals surface area contributed by atoms with Crippen LogP contribution in [0.1, 0.15) is 17.0 Å². The summed E-state index contributed by atoms with van der Waals surface area (Å²) in [6.07, 6.45) is 1.37. The Balaban J connectivity index is 1.15. The minimum atomic E-state index is -0.771. The topological polar surface area (TPSA) is 103 Å². The number of methoxy groups -OCH3 is 1. The zero-order chi connectivity index (χ0) is 27.0. The molecule has 0 aliphatic carbocycles. The van der Waals surface area contributed by atoms with Crippen LogP contribution in [-0.4, -0.2) is 76.7 Å². The van der Waals surface area contributed by atoms with Gasteiger partial charge in [0.05, 0.1) is 47.5 Å². The third-order valence-electron chi connectivity index (χ3n) is 7.66. The maximum Gasteiger partial charge on any atom is 0.237 e. The largest absolute Gasteiger partial charge is 0.384 e. The Bertz CT molecular complexity index is 1520. The number of carbonyl (C=O) groups excluding carboxylic acids is 2. The molecule has 1 saturated heterocycles. The average molecular weight is 549 g/mol. The average Bonchev–Trinajstić information content (AvgIpc) is 3.68. The standard InChI is InChI=1S/C28H29FN6O3S/c1-38-16-28(9-11-34(15-28)14-25(36)35-10-8-23-24(13-35)39-17-30-23)27(37)31-20-6-7-22-21(12-20)26(33-32-22)18-2-4-19(29)5-3-18/h2-7,12,17H,8-11,13-16H2,1H3,(H,31,37)(H,32,33). The number of ether oxygens (including phenoxy) is 1. The molecule has 11 heteroatoms. The molecular formula is C28H29FN6O3S. The number of likely N-dealkylation sites (tertiary alicyclic amines) is 1. The van der Waals surface area contributed by atoms with E-state index < -0.39 is 5.41 Å². The van der Waals surface area contributed by atoms with E-state index in [4.69, 9.17) is 4.74 Å². The summed E-state index contributed by atoms with van der Waals surface area (Å²) in [7, 11) is 1.59. The zero-order valence-corrected chi connectivity index (χ0v) is 22.4. The molecule has 39 heavy (non-hydrogen) atoms. The lowest BCUT2D eigenvalue weighted by atomic mass is 9.87. The molecule has 4 aromatic rings. The van der Waals surface area contributed by atoms with Crippen LogP contribution in [0.25, 0.3) is 22.2 Å². The van der Waals surface area contributed by atoms with Gasteiger partial charge in [-0.3, -0.25) is 19.6 Å². The predicted molar refractivity (Wildman–Crippen MR) is 147 cm³/mol. The molecule has 0 spiro atoms. The van der Waals surface area contributed by atoms with E-state index in [2.05, 4.69) is 25.4 Å². The van der Waals surface area contributed by atoms with Gasteiger partial charge in [0.25, 0.3) is 0 Å². The van der Waals surface area contributed by atoms with Crippen molar-refractivity contribution in [1.82, 2.24) is 25.0 Å². The van der Waals surface area contributed by atoms with Crippen molar-refractivity contribution >= 4 is 39.7 Å². The van der Waals surface area contributed by atoms with E-state index in [1.807, 2.05) is 28.6 Å². The van der Waals surface area contributed by atoms with E-state index in [0.29, 0.717) is 44.0 Å². The number of hydrogen-bond donors (Lipinski definition) is 2. The molecule has 2 aliphatic rings. The second-order valence-corrected chi connectivity index (χ2v) is 11.2. The van der Waals surface area contributed by atoms with Crippen molar-refractivity contribution in [3.63, 3.8) is 0 Å². The summed E-state index contributed by atoms with van der Waals surface area (Å²) < 4.78 is 18.9. The highest BCUT2D eigenvalue weighted by atomic mass is 32.1. The first-order valence-corrected chi connectivity index (χ1v) is 13.8. The van der Waals surface area contributed by atoms with Gasteiger partial charge in [0.1, 0.15) is 5.82 Å². The van der Waals surface area contributed by atoms with Crippen molar-refractivity contribution in [2.45, 2.75) is 19.4 Å². The van der Waals surface area contributed by atoms with E-state index in [9.17, 15) is 14.0 Å². The second-order valence-electron chi connectivity index (χ2n) is 10.3. The highest BCUT2D eigenvalue weighted by Crippen LogP contribution is 2.34. The molecule has 0 bridgehead atoms. The normalized spacial score (nSPS) is 19.4. The molecule has 2 N–H and O–H groups in total. The molecule has 6 rings (SSSR count). The lowest BCUT2D eigenvalue weighted by Crippen LogP contribution is -2.45. The van der Waals surface area contributed by atoms with Crippen LogP contribution in [0, 0.1) is 11.2 Å². The number of benzene rings is 2. The molecule has 0 radical (unpaired) electrons. The summed E-state index contributed by atoms with van der Waals surface area (Å²) >= 11 is 1.59. The lowest BCUT2D eigenvalue weighted by Gasteiger charge is -2.30. The molecule has 1 fully saturated rings. The molecule has 202 valence electrons. The number of H-pyrrole nitrogens is 1. The molecule has 2 aromatic carbocycles. The summed E-state index contributed by atoms with van der Waals surface area (Å²) in [5.74, 6) is -0.383. The Morgan fingerprint density at radius 2 is 2.05 bits per heavy atom. The van der Waals surface area contributed by atoms with Crippen LogP contribution in [0.4, 0.5) is 10.1 Å². The first-order valence-electron chi connectivity index (χ1n) is 12.9. The van der Waals surface area contributed by atoms with Crippen LogP contribution in [0.2, 0.25) is 0 Å². The number of anilines is 1. The molecular weight excluding hydrogens is 519 g/mol. The number of carbonyl (C=O) groups is 2. The number of halogens is 1. The molecule has 2 amide bonds. The highest BCUT2D eigenvalue weighted by molar-refractivity contribution is 7.09. The molecule has 2 aliphatic heterocycles. The third kappa shape index (κ3) is 5.05. The van der Waals surface area contributed by atoms with Gasteiger partial charge in [0.15, 0.2) is 0 Å². The molecule has 1 atom stereocenters. The Morgan fingerprint density at radius 1 is 1.21 bits per heavy atom.